The van der Waals surface area contributed by atoms with Gasteiger partial charge in [0.2, 0.25) is 0 Å². The molecule has 0 spiro atoms. The van der Waals surface area contributed by atoms with Crippen LogP contribution in [0.15, 0.2) is 18.5 Å². The van der Waals surface area contributed by atoms with E-state index in [-0.39, 0.29) is 0 Å². The summed E-state index contributed by atoms with van der Waals surface area (Å²) in [5.41, 5.74) is 2.10. The van der Waals surface area contributed by atoms with Crippen molar-refractivity contribution in [1.82, 2.24) is 4.98 Å². The van der Waals surface area contributed by atoms with Gasteiger partial charge in [0.15, 0.2) is 0 Å². The van der Waals surface area contributed by atoms with Crippen molar-refractivity contribution in [2.75, 3.05) is 30.3 Å². The van der Waals surface area contributed by atoms with E-state index < -0.39 is 0 Å². The highest BCUT2D eigenvalue weighted by molar-refractivity contribution is 5.53. The molecular formula is C14H23N3O. The molecule has 0 saturated heterocycles. The number of nitrogens with one attached hydrogen (secondary N) is 2. The van der Waals surface area contributed by atoms with Gasteiger partial charge < -0.3 is 15.4 Å². The van der Waals surface area contributed by atoms with Gasteiger partial charge in [0.1, 0.15) is 0 Å². The van der Waals surface area contributed by atoms with Crippen LogP contribution in [0.1, 0.15) is 32.6 Å². The molecule has 1 heterocycles. The first-order valence-corrected chi connectivity index (χ1v) is 6.93. The average Bonchev–Trinajstić information content (AvgIpc) is 2.89. The molecule has 0 radical (unpaired) electrons. The largest absolute Gasteiger partial charge is 0.384 e. The van der Waals surface area contributed by atoms with Crippen molar-refractivity contribution in [3.05, 3.63) is 18.5 Å². The lowest BCUT2D eigenvalue weighted by Gasteiger charge is -2.12. The van der Waals surface area contributed by atoms with Crippen molar-refractivity contribution in [2.24, 2.45) is 0 Å². The Bertz CT molecular complexity index is 351. The quantitative estimate of drug-likeness (QED) is 0.729. The molecule has 1 aromatic heterocycles. The van der Waals surface area contributed by atoms with E-state index in [1.807, 2.05) is 12.4 Å². The first-order valence-electron chi connectivity index (χ1n) is 6.93. The molecule has 1 aliphatic carbocycles. The van der Waals surface area contributed by atoms with Gasteiger partial charge in [-0.25, -0.2) is 0 Å². The summed E-state index contributed by atoms with van der Waals surface area (Å²) in [6.45, 7) is 4.61. The van der Waals surface area contributed by atoms with E-state index >= 15 is 0 Å². The van der Waals surface area contributed by atoms with Crippen molar-refractivity contribution in [3.8, 4) is 0 Å². The van der Waals surface area contributed by atoms with Crippen LogP contribution in [0, 0.1) is 0 Å². The molecule has 0 unspecified atom stereocenters. The highest BCUT2D eigenvalue weighted by Gasteiger charge is 2.14. The number of nitrogens with zero attached hydrogens (tertiary/aromatic N) is 1. The summed E-state index contributed by atoms with van der Waals surface area (Å²) in [4.78, 5) is 4.19. The van der Waals surface area contributed by atoms with Crippen LogP contribution in [-0.2, 0) is 4.74 Å². The summed E-state index contributed by atoms with van der Waals surface area (Å²) in [6, 6.07) is 2.08. The van der Waals surface area contributed by atoms with Crippen LogP contribution in [-0.4, -0.2) is 30.8 Å². The molecule has 4 nitrogen and oxygen atoms in total. The Morgan fingerprint density at radius 3 is 2.67 bits per heavy atom. The molecule has 4 heteroatoms. The minimum Gasteiger partial charge on any atom is -0.384 e. The number of hydrogen-bond acceptors (Lipinski definition) is 4. The Labute approximate surface area is 109 Å². The molecule has 1 fully saturated rings. The van der Waals surface area contributed by atoms with Crippen LogP contribution in [0.4, 0.5) is 11.4 Å². The molecule has 1 saturated carbocycles. The predicted molar refractivity (Wildman–Crippen MR) is 75.1 cm³/mol. The zero-order valence-corrected chi connectivity index (χ0v) is 11.1. The van der Waals surface area contributed by atoms with Crippen LogP contribution in [0.25, 0.3) is 0 Å². The molecule has 0 atom stereocenters. The Morgan fingerprint density at radius 2 is 1.94 bits per heavy atom. The van der Waals surface area contributed by atoms with E-state index in [1.165, 1.54) is 25.7 Å². The smallest absolute Gasteiger partial charge is 0.0642 e. The molecule has 0 amide bonds. The van der Waals surface area contributed by atoms with Gasteiger partial charge in [-0.2, -0.15) is 0 Å². The predicted octanol–water partition coefficient (Wildman–Crippen LogP) is 2.88. The number of anilines is 2. The maximum absolute atomic E-state index is 5.80. The summed E-state index contributed by atoms with van der Waals surface area (Å²) < 4.78 is 5.80. The van der Waals surface area contributed by atoms with Gasteiger partial charge in [-0.1, -0.05) is 12.8 Å². The van der Waals surface area contributed by atoms with Gasteiger partial charge in [0.25, 0.3) is 0 Å². The van der Waals surface area contributed by atoms with Crippen LogP contribution >= 0.6 is 0 Å². The molecule has 0 bridgehead atoms. The van der Waals surface area contributed by atoms with Crippen LogP contribution in [0.5, 0.6) is 0 Å². The Morgan fingerprint density at radius 1 is 1.22 bits per heavy atom. The molecular weight excluding hydrogens is 226 g/mol. The second kappa shape index (κ2) is 7.21. The van der Waals surface area contributed by atoms with Crippen molar-refractivity contribution in [2.45, 2.75) is 38.7 Å². The molecule has 0 aliphatic heterocycles. The van der Waals surface area contributed by atoms with Crippen LogP contribution in [0.3, 0.4) is 0 Å². The van der Waals surface area contributed by atoms with Gasteiger partial charge in [-0.15, -0.1) is 0 Å². The molecule has 1 aromatic rings. The zero-order valence-electron chi connectivity index (χ0n) is 11.1. The van der Waals surface area contributed by atoms with E-state index in [4.69, 9.17) is 4.74 Å². The first-order chi connectivity index (χ1) is 8.88. The minimum absolute atomic E-state index is 0.498. The summed E-state index contributed by atoms with van der Waals surface area (Å²) in [6.07, 6.45) is 9.30. The summed E-state index contributed by atoms with van der Waals surface area (Å²) in [7, 11) is 0. The molecule has 18 heavy (non-hydrogen) atoms. The second-order valence-corrected chi connectivity index (χ2v) is 4.70. The zero-order chi connectivity index (χ0) is 12.6. The summed E-state index contributed by atoms with van der Waals surface area (Å²) >= 11 is 0. The third kappa shape index (κ3) is 4.18. The number of rotatable bonds is 7. The standard InChI is InChI=1S/C14H23N3O/c1-2-16-12-9-13(11-15-10-12)17-7-8-18-14-5-3-4-6-14/h9-11,14,16-17H,2-8H2,1H3. The third-order valence-electron chi connectivity index (χ3n) is 3.21. The van der Waals surface area contributed by atoms with E-state index in [2.05, 4.69) is 28.6 Å². The average molecular weight is 249 g/mol. The molecule has 2 rings (SSSR count). The van der Waals surface area contributed by atoms with Gasteiger partial charge in [0.05, 0.1) is 36.5 Å². The van der Waals surface area contributed by atoms with Crippen LogP contribution in [0.2, 0.25) is 0 Å². The molecule has 1 aliphatic rings. The lowest BCUT2D eigenvalue weighted by Crippen LogP contribution is -2.15. The maximum Gasteiger partial charge on any atom is 0.0642 e. The number of aromatic nitrogens is 1. The van der Waals surface area contributed by atoms with Crippen LogP contribution < -0.4 is 10.6 Å². The minimum atomic E-state index is 0.498. The monoisotopic (exact) mass is 249 g/mol. The Kier molecular flexibility index (Phi) is 5.27. The van der Waals surface area contributed by atoms with Gasteiger partial charge in [-0.3, -0.25) is 4.98 Å². The number of hydrogen-bond donors (Lipinski definition) is 2. The first kappa shape index (κ1) is 13.1. The van der Waals surface area contributed by atoms with Crippen molar-refractivity contribution in [1.29, 1.82) is 0 Å². The topological polar surface area (TPSA) is 46.2 Å². The SMILES string of the molecule is CCNc1cncc(NCCOC2CCCC2)c1. The Balaban J connectivity index is 1.67. The van der Waals surface area contributed by atoms with Crippen molar-refractivity contribution < 1.29 is 4.74 Å². The number of ether oxygens (including phenoxy) is 1. The van der Waals surface area contributed by atoms with E-state index in [0.717, 1.165) is 31.1 Å². The lowest BCUT2D eigenvalue weighted by molar-refractivity contribution is 0.0659. The fourth-order valence-corrected chi connectivity index (χ4v) is 2.31. The van der Waals surface area contributed by atoms with Gasteiger partial charge in [-0.05, 0) is 25.8 Å². The van der Waals surface area contributed by atoms with Crippen molar-refractivity contribution in [3.63, 3.8) is 0 Å². The highest BCUT2D eigenvalue weighted by Crippen LogP contribution is 2.20. The second-order valence-electron chi connectivity index (χ2n) is 4.70. The van der Waals surface area contributed by atoms with Crippen molar-refractivity contribution >= 4 is 11.4 Å². The molecule has 2 N–H and O–H groups in total. The lowest BCUT2D eigenvalue weighted by atomic mass is 10.3. The Hall–Kier alpha value is -1.29. The van der Waals surface area contributed by atoms with Gasteiger partial charge in [0, 0.05) is 13.1 Å². The maximum atomic E-state index is 5.80. The van der Waals surface area contributed by atoms with E-state index in [0.29, 0.717) is 6.10 Å². The molecule has 0 aromatic carbocycles. The fourth-order valence-electron chi connectivity index (χ4n) is 2.31. The number of pyridine rings is 1. The van der Waals surface area contributed by atoms with E-state index in [9.17, 15) is 0 Å². The van der Waals surface area contributed by atoms with E-state index in [1.54, 1.807) is 0 Å². The highest BCUT2D eigenvalue weighted by atomic mass is 16.5. The molecule has 100 valence electrons. The summed E-state index contributed by atoms with van der Waals surface area (Å²) in [5, 5.41) is 6.59. The summed E-state index contributed by atoms with van der Waals surface area (Å²) in [5.74, 6) is 0. The normalized spacial score (nSPS) is 15.8. The van der Waals surface area contributed by atoms with Gasteiger partial charge >= 0.3 is 0 Å². The fraction of sp³-hybridized carbons (Fsp3) is 0.643. The third-order valence-corrected chi connectivity index (χ3v) is 3.21.